The maximum atomic E-state index is 12.2. The zero-order valence-corrected chi connectivity index (χ0v) is 20.8. The number of carbonyl (C=O) groups excluding carboxylic acids is 1. The van der Waals surface area contributed by atoms with Gasteiger partial charge in [-0.3, -0.25) is 4.79 Å². The van der Waals surface area contributed by atoms with Gasteiger partial charge in [0.15, 0.2) is 6.61 Å². The molecule has 0 saturated heterocycles. The number of rotatable bonds is 12. The van der Waals surface area contributed by atoms with Gasteiger partial charge in [-0.05, 0) is 35.9 Å². The molecule has 2 aromatic rings. The molecule has 0 saturated carbocycles. The maximum absolute atomic E-state index is 12.2. The van der Waals surface area contributed by atoms with Gasteiger partial charge >= 0.3 is 0 Å². The molecule has 0 aliphatic rings. The van der Waals surface area contributed by atoms with E-state index in [0.29, 0.717) is 5.56 Å². The fraction of sp³-hybridized carbons (Fsp3) is 0.350. The summed E-state index contributed by atoms with van der Waals surface area (Å²) >= 11 is 6.10. The topological polar surface area (TPSA) is 131 Å². The summed E-state index contributed by atoms with van der Waals surface area (Å²) in [6.07, 6.45) is 0. The molecule has 0 radical (unpaired) electrons. The fourth-order valence-electron chi connectivity index (χ4n) is 2.51. The van der Waals surface area contributed by atoms with E-state index < -0.39 is 26.0 Å². The first-order valence-electron chi connectivity index (χ1n) is 9.66. The van der Waals surface area contributed by atoms with Crippen molar-refractivity contribution in [1.82, 2.24) is 14.3 Å². The highest BCUT2D eigenvalue weighted by atomic mass is 35.5. The number of methoxy groups -OCH3 is 1. The van der Waals surface area contributed by atoms with Gasteiger partial charge in [-0.15, -0.1) is 0 Å². The fourth-order valence-corrected chi connectivity index (χ4v) is 4.75. The van der Waals surface area contributed by atoms with Crippen LogP contribution in [0.15, 0.2) is 52.3 Å². The summed E-state index contributed by atoms with van der Waals surface area (Å²) in [5, 5.41) is 2.69. The Morgan fingerprint density at radius 3 is 2.24 bits per heavy atom. The molecule has 1 amide bonds. The smallest absolute Gasteiger partial charge is 0.258 e. The Labute approximate surface area is 198 Å². The van der Waals surface area contributed by atoms with Crippen LogP contribution in [0.5, 0.6) is 5.75 Å². The van der Waals surface area contributed by atoms with E-state index in [1.807, 2.05) is 0 Å². The molecular weight excluding hydrogens is 494 g/mol. The average Bonchev–Trinajstić information content (AvgIpc) is 2.77. The SMILES string of the molecule is COCCNS(=O)(=O)c1ccc(OCC(=O)NCc2ccc(S(=O)(=O)N(C)C)cc2)c(Cl)c1. The number of hydrogen-bond acceptors (Lipinski definition) is 7. The lowest BCUT2D eigenvalue weighted by Gasteiger charge is -2.12. The number of ether oxygens (including phenoxy) is 2. The molecule has 0 heterocycles. The molecule has 10 nitrogen and oxygen atoms in total. The summed E-state index contributed by atoms with van der Waals surface area (Å²) in [5.41, 5.74) is 0.703. The summed E-state index contributed by atoms with van der Waals surface area (Å²) in [6.45, 7) is 0.166. The monoisotopic (exact) mass is 519 g/mol. The van der Waals surface area contributed by atoms with Crippen LogP contribution in [0.1, 0.15) is 5.56 Å². The molecule has 0 fully saturated rings. The number of halogens is 1. The van der Waals surface area contributed by atoms with E-state index >= 15 is 0 Å². The highest BCUT2D eigenvalue weighted by Crippen LogP contribution is 2.27. The molecule has 2 aromatic carbocycles. The van der Waals surface area contributed by atoms with Crippen LogP contribution in [-0.4, -0.2) is 68.0 Å². The molecule has 2 N–H and O–H groups in total. The van der Waals surface area contributed by atoms with Crippen molar-refractivity contribution in [3.05, 3.63) is 53.1 Å². The number of benzene rings is 2. The predicted molar refractivity (Wildman–Crippen MR) is 123 cm³/mol. The highest BCUT2D eigenvalue weighted by molar-refractivity contribution is 7.89. The molecule has 0 aliphatic carbocycles. The quantitative estimate of drug-likeness (QED) is 0.403. The Balaban J connectivity index is 1.89. The first-order valence-corrected chi connectivity index (χ1v) is 13.0. The number of amides is 1. The van der Waals surface area contributed by atoms with Gasteiger partial charge in [0.05, 0.1) is 21.4 Å². The molecular formula is C20H26ClN3O7S2. The summed E-state index contributed by atoms with van der Waals surface area (Å²) in [4.78, 5) is 12.2. The van der Waals surface area contributed by atoms with E-state index in [0.717, 1.165) is 4.31 Å². The molecule has 0 spiro atoms. The Bertz CT molecular complexity index is 1170. The lowest BCUT2D eigenvalue weighted by molar-refractivity contribution is -0.123. The number of nitrogens with one attached hydrogen (secondary N) is 2. The van der Waals surface area contributed by atoms with Crippen LogP contribution in [0.4, 0.5) is 0 Å². The Hall–Kier alpha value is -2.22. The van der Waals surface area contributed by atoms with Crippen LogP contribution >= 0.6 is 11.6 Å². The lowest BCUT2D eigenvalue weighted by Crippen LogP contribution is -2.28. The summed E-state index contributed by atoms with van der Waals surface area (Å²) in [6, 6.07) is 10.1. The number of nitrogens with zero attached hydrogens (tertiary/aromatic N) is 1. The largest absolute Gasteiger partial charge is 0.482 e. The molecule has 182 valence electrons. The van der Waals surface area contributed by atoms with Crippen LogP contribution in [0.2, 0.25) is 5.02 Å². The third-order valence-corrected chi connectivity index (χ3v) is 7.95. The van der Waals surface area contributed by atoms with E-state index in [1.54, 1.807) is 12.1 Å². The second-order valence-corrected chi connectivity index (χ2v) is 11.3. The first-order chi connectivity index (χ1) is 15.5. The third kappa shape index (κ3) is 7.66. The lowest BCUT2D eigenvalue weighted by atomic mass is 10.2. The third-order valence-electron chi connectivity index (χ3n) is 4.36. The minimum absolute atomic E-state index is 0.0371. The van der Waals surface area contributed by atoms with Crippen LogP contribution in [0, 0.1) is 0 Å². The van der Waals surface area contributed by atoms with Crippen molar-refractivity contribution in [1.29, 1.82) is 0 Å². The van der Waals surface area contributed by atoms with Gasteiger partial charge in [-0.1, -0.05) is 23.7 Å². The molecule has 33 heavy (non-hydrogen) atoms. The van der Waals surface area contributed by atoms with E-state index in [9.17, 15) is 21.6 Å². The van der Waals surface area contributed by atoms with Crippen molar-refractivity contribution in [2.24, 2.45) is 0 Å². The summed E-state index contributed by atoms with van der Waals surface area (Å²) < 4.78 is 62.2. The van der Waals surface area contributed by atoms with E-state index in [-0.39, 0.29) is 46.9 Å². The van der Waals surface area contributed by atoms with Crippen molar-refractivity contribution >= 4 is 37.6 Å². The molecule has 0 aromatic heterocycles. The standard InChI is InChI=1S/C20H26ClN3O7S2/c1-24(2)33(28,29)16-6-4-15(5-7-16)13-22-20(25)14-31-19-9-8-17(12-18(19)21)32(26,27)23-10-11-30-3/h4-9,12,23H,10-11,13-14H2,1-3H3,(H,22,25). The van der Waals surface area contributed by atoms with Crippen molar-refractivity contribution in [2.45, 2.75) is 16.3 Å². The summed E-state index contributed by atoms with van der Waals surface area (Å²) in [5.74, 6) is -0.283. The maximum Gasteiger partial charge on any atom is 0.258 e. The van der Waals surface area contributed by atoms with Crippen LogP contribution in [0.25, 0.3) is 0 Å². The zero-order valence-electron chi connectivity index (χ0n) is 18.4. The average molecular weight is 520 g/mol. The van der Waals surface area contributed by atoms with Gasteiger partial charge in [0.25, 0.3) is 5.91 Å². The predicted octanol–water partition coefficient (Wildman–Crippen LogP) is 1.21. The molecule has 0 atom stereocenters. The van der Waals surface area contributed by atoms with Gasteiger partial charge < -0.3 is 14.8 Å². The van der Waals surface area contributed by atoms with Gasteiger partial charge in [0.1, 0.15) is 5.75 Å². The Kier molecular flexibility index (Phi) is 9.64. The normalized spacial score (nSPS) is 12.0. The van der Waals surface area contributed by atoms with Crippen molar-refractivity contribution in [3.8, 4) is 5.75 Å². The van der Waals surface area contributed by atoms with Gasteiger partial charge in [-0.25, -0.2) is 25.9 Å². The number of sulfonamides is 2. The van der Waals surface area contributed by atoms with Crippen molar-refractivity contribution in [3.63, 3.8) is 0 Å². The number of carbonyl (C=O) groups is 1. The van der Waals surface area contributed by atoms with E-state index in [1.165, 1.54) is 51.5 Å². The minimum atomic E-state index is -3.75. The van der Waals surface area contributed by atoms with Crippen LogP contribution in [0.3, 0.4) is 0 Å². The Morgan fingerprint density at radius 1 is 1.03 bits per heavy atom. The van der Waals surface area contributed by atoms with Crippen molar-refractivity contribution in [2.75, 3.05) is 41.0 Å². The Morgan fingerprint density at radius 2 is 1.67 bits per heavy atom. The van der Waals surface area contributed by atoms with Gasteiger partial charge in [0.2, 0.25) is 20.0 Å². The zero-order chi connectivity index (χ0) is 24.6. The van der Waals surface area contributed by atoms with Crippen LogP contribution < -0.4 is 14.8 Å². The second kappa shape index (κ2) is 11.8. The molecule has 0 aliphatic heterocycles. The molecule has 0 unspecified atom stereocenters. The van der Waals surface area contributed by atoms with E-state index in [4.69, 9.17) is 21.1 Å². The molecule has 2 rings (SSSR count). The first kappa shape index (κ1) is 27.0. The van der Waals surface area contributed by atoms with E-state index in [2.05, 4.69) is 10.0 Å². The molecule has 0 bridgehead atoms. The highest BCUT2D eigenvalue weighted by Gasteiger charge is 2.17. The number of hydrogen-bond donors (Lipinski definition) is 2. The minimum Gasteiger partial charge on any atom is -0.482 e. The van der Waals surface area contributed by atoms with Gasteiger partial charge in [-0.2, -0.15) is 0 Å². The van der Waals surface area contributed by atoms with Crippen LogP contribution in [-0.2, 0) is 36.1 Å². The second-order valence-electron chi connectivity index (χ2n) is 6.98. The van der Waals surface area contributed by atoms with Crippen molar-refractivity contribution < 1.29 is 31.1 Å². The molecule has 13 heteroatoms. The summed E-state index contributed by atoms with van der Waals surface area (Å²) in [7, 11) is -2.92. The van der Waals surface area contributed by atoms with Gasteiger partial charge in [0, 0.05) is 34.3 Å².